The summed E-state index contributed by atoms with van der Waals surface area (Å²) in [5, 5.41) is 6.52. The van der Waals surface area contributed by atoms with Gasteiger partial charge in [-0.1, -0.05) is 48.0 Å². The Balaban J connectivity index is 1.83. The Morgan fingerprint density at radius 2 is 1.71 bits per heavy atom. The molecule has 0 aliphatic carbocycles. The molecular weight excluding hydrogens is 320 g/mol. The maximum absolute atomic E-state index is 13.0. The van der Waals surface area contributed by atoms with Crippen LogP contribution in [0.5, 0.6) is 0 Å². The SMILES string of the molecule is O=C1c2cc3ccccc3cc2C2(c3ccc(Cl)cc3)NCCN12. The lowest BCUT2D eigenvalue weighted by molar-refractivity contribution is 0.0694. The number of hydrogen-bond acceptors (Lipinski definition) is 2. The van der Waals surface area contributed by atoms with Crippen molar-refractivity contribution in [1.82, 2.24) is 10.2 Å². The molecule has 3 aromatic carbocycles. The fourth-order valence-corrected chi connectivity index (χ4v) is 4.20. The number of halogens is 1. The molecule has 0 saturated carbocycles. The average Bonchev–Trinajstić information content (AvgIpc) is 3.14. The van der Waals surface area contributed by atoms with Crippen molar-refractivity contribution in [1.29, 1.82) is 0 Å². The molecule has 2 aliphatic rings. The van der Waals surface area contributed by atoms with Gasteiger partial charge in [0, 0.05) is 29.2 Å². The van der Waals surface area contributed by atoms with Crippen molar-refractivity contribution >= 4 is 28.3 Å². The summed E-state index contributed by atoms with van der Waals surface area (Å²) in [7, 11) is 0. The normalized spacial score (nSPS) is 22.0. The number of carbonyl (C=O) groups is 1. The monoisotopic (exact) mass is 334 g/mol. The summed E-state index contributed by atoms with van der Waals surface area (Å²) in [6.45, 7) is 1.48. The molecule has 24 heavy (non-hydrogen) atoms. The zero-order valence-corrected chi connectivity index (χ0v) is 13.7. The van der Waals surface area contributed by atoms with Gasteiger partial charge in [-0.2, -0.15) is 0 Å². The molecule has 4 heteroatoms. The molecule has 0 radical (unpaired) electrons. The van der Waals surface area contributed by atoms with Crippen LogP contribution in [0.2, 0.25) is 5.02 Å². The summed E-state index contributed by atoms with van der Waals surface area (Å²) in [5.41, 5.74) is 2.29. The van der Waals surface area contributed by atoms with E-state index in [1.54, 1.807) is 0 Å². The highest BCUT2D eigenvalue weighted by molar-refractivity contribution is 6.30. The van der Waals surface area contributed by atoms with Gasteiger partial charge in [0.05, 0.1) is 0 Å². The number of hydrogen-bond donors (Lipinski definition) is 1. The van der Waals surface area contributed by atoms with Gasteiger partial charge in [0.15, 0.2) is 0 Å². The fraction of sp³-hybridized carbons (Fsp3) is 0.150. The van der Waals surface area contributed by atoms with Crippen LogP contribution in [-0.4, -0.2) is 23.9 Å². The Kier molecular flexibility index (Phi) is 2.82. The smallest absolute Gasteiger partial charge is 0.256 e. The molecule has 2 heterocycles. The minimum atomic E-state index is -0.582. The molecule has 1 N–H and O–H groups in total. The average molecular weight is 335 g/mol. The Bertz CT molecular complexity index is 983. The summed E-state index contributed by atoms with van der Waals surface area (Å²) >= 11 is 6.07. The van der Waals surface area contributed by atoms with E-state index in [-0.39, 0.29) is 5.91 Å². The number of rotatable bonds is 1. The van der Waals surface area contributed by atoms with Gasteiger partial charge >= 0.3 is 0 Å². The highest BCUT2D eigenvalue weighted by Gasteiger charge is 2.53. The summed E-state index contributed by atoms with van der Waals surface area (Å²) in [6, 6.07) is 20.1. The minimum Gasteiger partial charge on any atom is -0.311 e. The van der Waals surface area contributed by atoms with E-state index in [4.69, 9.17) is 11.6 Å². The molecule has 0 aromatic heterocycles. The number of nitrogens with zero attached hydrogens (tertiary/aromatic N) is 1. The van der Waals surface area contributed by atoms with Crippen LogP contribution in [0.3, 0.4) is 0 Å². The number of benzene rings is 3. The third-order valence-corrected chi connectivity index (χ3v) is 5.39. The molecule has 2 aliphatic heterocycles. The molecule has 3 aromatic rings. The maximum atomic E-state index is 13.0. The van der Waals surface area contributed by atoms with Crippen LogP contribution in [0.15, 0.2) is 60.7 Å². The molecule has 0 spiro atoms. The van der Waals surface area contributed by atoms with Crippen LogP contribution in [0.1, 0.15) is 21.5 Å². The molecular formula is C20H15ClN2O. The number of carbonyl (C=O) groups excluding carboxylic acids is 1. The van der Waals surface area contributed by atoms with Gasteiger partial charge in [0.1, 0.15) is 5.66 Å². The molecule has 5 rings (SSSR count). The largest absolute Gasteiger partial charge is 0.311 e. The molecule has 1 saturated heterocycles. The van der Waals surface area contributed by atoms with Crippen molar-refractivity contribution in [2.24, 2.45) is 0 Å². The van der Waals surface area contributed by atoms with Crippen LogP contribution in [0, 0.1) is 0 Å². The van der Waals surface area contributed by atoms with Gasteiger partial charge in [-0.3, -0.25) is 10.1 Å². The summed E-state index contributed by atoms with van der Waals surface area (Å²) in [6.07, 6.45) is 0. The van der Waals surface area contributed by atoms with Crippen LogP contribution < -0.4 is 5.32 Å². The summed E-state index contributed by atoms with van der Waals surface area (Å²) in [4.78, 5) is 15.0. The van der Waals surface area contributed by atoms with Crippen LogP contribution in [0.25, 0.3) is 10.8 Å². The van der Waals surface area contributed by atoms with Crippen molar-refractivity contribution in [2.45, 2.75) is 5.66 Å². The topological polar surface area (TPSA) is 32.3 Å². The van der Waals surface area contributed by atoms with Gasteiger partial charge in [-0.25, -0.2) is 0 Å². The van der Waals surface area contributed by atoms with Gasteiger partial charge in [-0.15, -0.1) is 0 Å². The fourth-order valence-electron chi connectivity index (χ4n) is 4.07. The second-order valence-electron chi connectivity index (χ2n) is 6.35. The molecule has 1 amide bonds. The van der Waals surface area contributed by atoms with E-state index in [0.717, 1.165) is 34.0 Å². The summed E-state index contributed by atoms with van der Waals surface area (Å²) in [5.74, 6) is 0.0932. The van der Waals surface area contributed by atoms with Crippen molar-refractivity contribution in [3.05, 3.63) is 82.4 Å². The van der Waals surface area contributed by atoms with E-state index < -0.39 is 5.66 Å². The third-order valence-electron chi connectivity index (χ3n) is 5.13. The summed E-state index contributed by atoms with van der Waals surface area (Å²) < 4.78 is 0. The first-order chi connectivity index (χ1) is 11.7. The first-order valence-corrected chi connectivity index (χ1v) is 8.44. The van der Waals surface area contributed by atoms with E-state index in [0.29, 0.717) is 11.6 Å². The van der Waals surface area contributed by atoms with E-state index >= 15 is 0 Å². The standard InChI is InChI=1S/C20H15ClN2O/c21-16-7-5-15(6-8-16)20-18-12-14-4-2-1-3-13(14)11-17(18)19(24)23(20)10-9-22-20/h1-8,11-12,22H,9-10H2. The van der Waals surface area contributed by atoms with Gasteiger partial charge < -0.3 is 4.90 Å². The Labute approximate surface area is 144 Å². The lowest BCUT2D eigenvalue weighted by atomic mass is 9.89. The predicted molar refractivity (Wildman–Crippen MR) is 95.2 cm³/mol. The van der Waals surface area contributed by atoms with Crippen LogP contribution >= 0.6 is 11.6 Å². The molecule has 0 bridgehead atoms. The van der Waals surface area contributed by atoms with E-state index in [2.05, 4.69) is 23.5 Å². The van der Waals surface area contributed by atoms with Crippen molar-refractivity contribution in [2.75, 3.05) is 13.1 Å². The number of amides is 1. The maximum Gasteiger partial charge on any atom is 0.256 e. The molecule has 3 nitrogen and oxygen atoms in total. The minimum absolute atomic E-state index is 0.0932. The Morgan fingerprint density at radius 1 is 1.00 bits per heavy atom. The zero-order valence-electron chi connectivity index (χ0n) is 12.9. The first-order valence-electron chi connectivity index (χ1n) is 8.06. The van der Waals surface area contributed by atoms with E-state index in [9.17, 15) is 4.79 Å². The molecule has 118 valence electrons. The number of nitrogens with one attached hydrogen (secondary N) is 1. The second kappa shape index (κ2) is 4.82. The van der Waals surface area contributed by atoms with Gasteiger partial charge in [0.25, 0.3) is 5.91 Å². The van der Waals surface area contributed by atoms with Crippen LogP contribution in [0.4, 0.5) is 0 Å². The van der Waals surface area contributed by atoms with Gasteiger partial charge in [-0.05, 0) is 40.6 Å². The second-order valence-corrected chi connectivity index (χ2v) is 6.78. The third kappa shape index (κ3) is 1.68. The quantitative estimate of drug-likeness (QED) is 0.735. The highest BCUT2D eigenvalue weighted by Crippen LogP contribution is 2.45. The number of fused-ring (bicyclic) bond motifs is 4. The zero-order chi connectivity index (χ0) is 16.3. The Morgan fingerprint density at radius 3 is 2.46 bits per heavy atom. The van der Waals surface area contributed by atoms with E-state index in [1.807, 2.05) is 47.4 Å². The lowest BCUT2D eigenvalue weighted by Gasteiger charge is -2.33. The first kappa shape index (κ1) is 14.0. The highest BCUT2D eigenvalue weighted by atomic mass is 35.5. The predicted octanol–water partition coefficient (Wildman–Crippen LogP) is 3.75. The molecule has 1 unspecified atom stereocenters. The lowest BCUT2D eigenvalue weighted by Crippen LogP contribution is -2.46. The molecule has 1 fully saturated rings. The van der Waals surface area contributed by atoms with Crippen molar-refractivity contribution in [3.8, 4) is 0 Å². The van der Waals surface area contributed by atoms with E-state index in [1.165, 1.54) is 0 Å². The van der Waals surface area contributed by atoms with Crippen molar-refractivity contribution in [3.63, 3.8) is 0 Å². The van der Waals surface area contributed by atoms with Crippen molar-refractivity contribution < 1.29 is 4.79 Å². The Hall–Kier alpha value is -2.36. The molecule has 1 atom stereocenters. The van der Waals surface area contributed by atoms with Gasteiger partial charge in [0.2, 0.25) is 0 Å². The van der Waals surface area contributed by atoms with Crippen LogP contribution in [-0.2, 0) is 5.66 Å².